The Bertz CT molecular complexity index is 1040. The Hall–Kier alpha value is -2.05. The van der Waals surface area contributed by atoms with Crippen molar-refractivity contribution >= 4 is 15.7 Å². The van der Waals surface area contributed by atoms with Crippen LogP contribution in [0.2, 0.25) is 0 Å². The molecule has 0 aliphatic carbocycles. The number of rotatable bonds is 7. The van der Waals surface area contributed by atoms with Crippen molar-refractivity contribution in [2.24, 2.45) is 5.92 Å². The summed E-state index contributed by atoms with van der Waals surface area (Å²) in [5.74, 6) is 1.25. The van der Waals surface area contributed by atoms with Crippen molar-refractivity contribution in [2.75, 3.05) is 24.1 Å². The molecule has 2 aliphatic rings. The fourth-order valence-electron chi connectivity index (χ4n) is 4.76. The summed E-state index contributed by atoms with van der Waals surface area (Å²) in [5.41, 5.74) is 4.08. The second-order valence-corrected chi connectivity index (χ2v) is 11.0. The molecule has 0 bridgehead atoms. The van der Waals surface area contributed by atoms with E-state index in [9.17, 15) is 8.42 Å². The van der Waals surface area contributed by atoms with E-state index < -0.39 is 10.0 Å². The smallest absolute Gasteiger partial charge is 0.264 e. The summed E-state index contributed by atoms with van der Waals surface area (Å²) in [5, 5.41) is 0. The second kappa shape index (κ2) is 9.84. The minimum absolute atomic E-state index is 0.0747. The van der Waals surface area contributed by atoms with Crippen LogP contribution in [0.3, 0.4) is 0 Å². The average Bonchev–Trinajstić information content (AvgIpc) is 2.79. The molecule has 1 saturated heterocycles. The zero-order valence-corrected chi connectivity index (χ0v) is 20.3. The van der Waals surface area contributed by atoms with Gasteiger partial charge in [0.1, 0.15) is 5.75 Å². The lowest BCUT2D eigenvalue weighted by Gasteiger charge is -2.36. The minimum Gasteiger partial charge on any atom is -0.493 e. The molecule has 174 valence electrons. The molecule has 32 heavy (non-hydrogen) atoms. The Morgan fingerprint density at radius 1 is 1.09 bits per heavy atom. The molecule has 6 heteroatoms. The number of hydrogen-bond donors (Lipinski definition) is 0. The number of nitrogens with zero attached hydrogens (tertiary/aromatic N) is 1. The van der Waals surface area contributed by atoms with Crippen LogP contribution in [0.25, 0.3) is 0 Å². The summed E-state index contributed by atoms with van der Waals surface area (Å²) in [6.07, 6.45) is 5.87. The summed E-state index contributed by atoms with van der Waals surface area (Å²) in [7, 11) is -3.66. The highest BCUT2D eigenvalue weighted by Gasteiger charge is 2.34. The predicted octanol–water partition coefficient (Wildman–Crippen LogP) is 5.28. The van der Waals surface area contributed by atoms with Crippen molar-refractivity contribution in [2.45, 2.75) is 70.2 Å². The summed E-state index contributed by atoms with van der Waals surface area (Å²) in [6.45, 7) is 8.31. The quantitative estimate of drug-likeness (QED) is 0.567. The Morgan fingerprint density at radius 3 is 2.59 bits per heavy atom. The topological polar surface area (TPSA) is 55.8 Å². The summed E-state index contributed by atoms with van der Waals surface area (Å²) in [4.78, 5) is 0.325. The molecule has 2 aromatic carbocycles. The fourth-order valence-corrected chi connectivity index (χ4v) is 6.57. The zero-order chi connectivity index (χ0) is 22.7. The number of ether oxygens (including phenoxy) is 2. The molecule has 2 heterocycles. The molecular weight excluding hydrogens is 422 g/mol. The van der Waals surface area contributed by atoms with E-state index in [1.165, 1.54) is 5.56 Å². The van der Waals surface area contributed by atoms with E-state index in [4.69, 9.17) is 9.47 Å². The zero-order valence-electron chi connectivity index (χ0n) is 19.5. The van der Waals surface area contributed by atoms with Gasteiger partial charge in [-0.05, 0) is 92.8 Å². The number of sulfonamides is 1. The van der Waals surface area contributed by atoms with Gasteiger partial charge in [-0.25, -0.2) is 8.42 Å². The van der Waals surface area contributed by atoms with Gasteiger partial charge < -0.3 is 9.47 Å². The van der Waals surface area contributed by atoms with Crippen molar-refractivity contribution in [1.29, 1.82) is 0 Å². The van der Waals surface area contributed by atoms with E-state index in [0.29, 0.717) is 17.4 Å². The highest BCUT2D eigenvalue weighted by Crippen LogP contribution is 2.37. The number of fused-ring (bicyclic) bond motifs is 1. The lowest BCUT2D eigenvalue weighted by atomic mass is 9.96. The number of aryl methyl sites for hydroxylation is 3. The Kier molecular flexibility index (Phi) is 7.11. The van der Waals surface area contributed by atoms with E-state index in [-0.39, 0.29) is 6.04 Å². The van der Waals surface area contributed by atoms with Crippen LogP contribution in [0.4, 0.5) is 5.69 Å². The highest BCUT2D eigenvalue weighted by atomic mass is 32.2. The van der Waals surface area contributed by atoms with Gasteiger partial charge in [0.25, 0.3) is 10.0 Å². The Balaban J connectivity index is 1.57. The van der Waals surface area contributed by atoms with Gasteiger partial charge in [-0.15, -0.1) is 0 Å². The third kappa shape index (κ3) is 4.81. The molecule has 2 aromatic rings. The Morgan fingerprint density at radius 2 is 1.88 bits per heavy atom. The largest absolute Gasteiger partial charge is 0.493 e. The molecule has 0 aromatic heterocycles. The third-order valence-electron chi connectivity index (χ3n) is 6.67. The van der Waals surface area contributed by atoms with E-state index in [1.54, 1.807) is 22.5 Å². The maximum absolute atomic E-state index is 13.7. The van der Waals surface area contributed by atoms with E-state index in [2.05, 4.69) is 19.1 Å². The monoisotopic (exact) mass is 457 g/mol. The molecular formula is C26H35NO4S. The SMILES string of the molecule is CCCc1ccc2c(c1)CCC(C)N2S(=O)(=O)c1ccc(OCC2CCOCC2)c(C)c1. The van der Waals surface area contributed by atoms with Crippen molar-refractivity contribution in [1.82, 2.24) is 0 Å². The van der Waals surface area contributed by atoms with Gasteiger partial charge >= 0.3 is 0 Å². The second-order valence-electron chi connectivity index (χ2n) is 9.20. The standard InChI is InChI=1S/C26H35NO4S/c1-4-5-21-7-10-25-23(17-21)8-6-20(3)27(25)32(28,29)24-9-11-26(19(2)16-24)31-18-22-12-14-30-15-13-22/h7,9-11,16-17,20,22H,4-6,8,12-15,18H2,1-3H3. The molecule has 0 spiro atoms. The van der Waals surface area contributed by atoms with Gasteiger partial charge in [0, 0.05) is 19.3 Å². The van der Waals surface area contributed by atoms with Crippen LogP contribution in [-0.4, -0.2) is 34.3 Å². The van der Waals surface area contributed by atoms with Crippen molar-refractivity contribution < 1.29 is 17.9 Å². The molecule has 1 atom stereocenters. The maximum atomic E-state index is 13.7. The van der Waals surface area contributed by atoms with Crippen molar-refractivity contribution in [3.63, 3.8) is 0 Å². The maximum Gasteiger partial charge on any atom is 0.264 e. The molecule has 2 aliphatic heterocycles. The molecule has 4 rings (SSSR count). The summed E-state index contributed by atoms with van der Waals surface area (Å²) >= 11 is 0. The average molecular weight is 458 g/mol. The van der Waals surface area contributed by atoms with Gasteiger partial charge in [-0.3, -0.25) is 4.31 Å². The van der Waals surface area contributed by atoms with E-state index >= 15 is 0 Å². The molecule has 0 amide bonds. The van der Waals surface area contributed by atoms with Crippen LogP contribution >= 0.6 is 0 Å². The van der Waals surface area contributed by atoms with Gasteiger partial charge in [-0.1, -0.05) is 25.5 Å². The first-order valence-electron chi connectivity index (χ1n) is 11.9. The van der Waals surface area contributed by atoms with Crippen LogP contribution in [0.5, 0.6) is 5.75 Å². The van der Waals surface area contributed by atoms with Crippen LogP contribution < -0.4 is 9.04 Å². The Labute approximate surface area is 192 Å². The van der Waals surface area contributed by atoms with Crippen molar-refractivity contribution in [3.05, 3.63) is 53.1 Å². The normalized spacial score (nSPS) is 19.6. The first kappa shape index (κ1) is 23.1. The predicted molar refractivity (Wildman–Crippen MR) is 128 cm³/mol. The highest BCUT2D eigenvalue weighted by molar-refractivity contribution is 7.92. The van der Waals surface area contributed by atoms with Gasteiger partial charge in [0.15, 0.2) is 0 Å². The number of anilines is 1. The van der Waals surface area contributed by atoms with Crippen LogP contribution in [0.1, 0.15) is 56.2 Å². The lowest BCUT2D eigenvalue weighted by molar-refractivity contribution is 0.0496. The van der Waals surface area contributed by atoms with E-state index in [1.807, 2.05) is 19.9 Å². The van der Waals surface area contributed by atoms with E-state index in [0.717, 1.165) is 74.3 Å². The van der Waals surface area contributed by atoms with Gasteiger partial charge in [-0.2, -0.15) is 0 Å². The van der Waals surface area contributed by atoms with Crippen LogP contribution in [-0.2, 0) is 27.6 Å². The fraction of sp³-hybridized carbons (Fsp3) is 0.538. The van der Waals surface area contributed by atoms with Crippen LogP contribution in [0, 0.1) is 12.8 Å². The summed E-state index contributed by atoms with van der Waals surface area (Å²) < 4.78 is 40.5. The minimum atomic E-state index is -3.66. The number of hydrogen-bond acceptors (Lipinski definition) is 4. The molecule has 0 saturated carbocycles. The molecule has 0 N–H and O–H groups in total. The molecule has 5 nitrogen and oxygen atoms in total. The van der Waals surface area contributed by atoms with Crippen LogP contribution in [0.15, 0.2) is 41.3 Å². The van der Waals surface area contributed by atoms with Crippen molar-refractivity contribution in [3.8, 4) is 5.75 Å². The third-order valence-corrected chi connectivity index (χ3v) is 8.59. The molecule has 1 fully saturated rings. The lowest BCUT2D eigenvalue weighted by Crippen LogP contribution is -2.42. The first-order valence-corrected chi connectivity index (χ1v) is 13.3. The number of benzene rings is 2. The van der Waals surface area contributed by atoms with Gasteiger partial charge in [0.05, 0.1) is 17.2 Å². The summed E-state index contributed by atoms with van der Waals surface area (Å²) in [6, 6.07) is 11.4. The van der Waals surface area contributed by atoms with Gasteiger partial charge in [0.2, 0.25) is 0 Å². The first-order chi connectivity index (χ1) is 15.4. The molecule has 1 unspecified atom stereocenters. The molecule has 0 radical (unpaired) electrons.